The number of nitrogens with zero attached hydrogens (tertiary/aromatic N) is 2. The Bertz CT molecular complexity index is 813. The summed E-state index contributed by atoms with van der Waals surface area (Å²) in [5.41, 5.74) is 2.47. The molecule has 6 unspecified atom stereocenters. The molecular formula is C26H40N2O3. The monoisotopic (exact) mass is 428 g/mol. The number of carbonyl (C=O) groups is 1. The zero-order valence-electron chi connectivity index (χ0n) is 19.6. The summed E-state index contributed by atoms with van der Waals surface area (Å²) in [4.78, 5) is 16.0. The van der Waals surface area contributed by atoms with Crippen molar-refractivity contribution in [1.82, 2.24) is 9.80 Å². The van der Waals surface area contributed by atoms with Gasteiger partial charge in [0.25, 0.3) is 0 Å². The van der Waals surface area contributed by atoms with Crippen molar-refractivity contribution < 1.29 is 15.0 Å². The predicted molar refractivity (Wildman–Crippen MR) is 121 cm³/mol. The average Bonchev–Trinajstić information content (AvgIpc) is 2.99. The van der Waals surface area contributed by atoms with Gasteiger partial charge in [0.15, 0.2) is 0 Å². The first-order chi connectivity index (χ1) is 14.7. The summed E-state index contributed by atoms with van der Waals surface area (Å²) in [6.45, 7) is 10.4. The van der Waals surface area contributed by atoms with Crippen LogP contribution < -0.4 is 0 Å². The van der Waals surface area contributed by atoms with Gasteiger partial charge in [-0.15, -0.1) is 0 Å². The van der Waals surface area contributed by atoms with Crippen molar-refractivity contribution in [3.8, 4) is 0 Å². The largest absolute Gasteiger partial charge is 0.393 e. The van der Waals surface area contributed by atoms with Crippen molar-refractivity contribution in [2.24, 2.45) is 22.7 Å². The Balaban J connectivity index is 1.36. The molecule has 172 valence electrons. The van der Waals surface area contributed by atoms with E-state index in [1.165, 1.54) is 5.57 Å². The SMILES string of the molecule is CC(=O)N1CCN(CC2(O)CCC3C4=CC=C5CC(O)CCC5(C)C4CCC32C)CC1. The Morgan fingerprint density at radius 1 is 1.03 bits per heavy atom. The normalized spacial score (nSPS) is 45.3. The molecule has 4 aliphatic carbocycles. The van der Waals surface area contributed by atoms with Gasteiger partial charge in [0, 0.05) is 45.1 Å². The number of hydrogen-bond donors (Lipinski definition) is 2. The molecule has 1 amide bonds. The molecule has 1 saturated heterocycles. The van der Waals surface area contributed by atoms with Gasteiger partial charge in [-0.1, -0.05) is 37.1 Å². The summed E-state index contributed by atoms with van der Waals surface area (Å²) in [6, 6.07) is 0. The number of amides is 1. The van der Waals surface area contributed by atoms with Crippen LogP contribution >= 0.6 is 0 Å². The van der Waals surface area contributed by atoms with Gasteiger partial charge in [0.1, 0.15) is 0 Å². The maximum atomic E-state index is 12.0. The van der Waals surface area contributed by atoms with Gasteiger partial charge in [-0.3, -0.25) is 9.69 Å². The number of hydrogen-bond acceptors (Lipinski definition) is 4. The number of allylic oxidation sites excluding steroid dienone is 3. The van der Waals surface area contributed by atoms with E-state index in [1.807, 2.05) is 4.90 Å². The van der Waals surface area contributed by atoms with Crippen LogP contribution in [0.5, 0.6) is 0 Å². The number of piperazine rings is 1. The van der Waals surface area contributed by atoms with Crippen LogP contribution in [0.4, 0.5) is 0 Å². The van der Waals surface area contributed by atoms with Crippen LogP contribution in [-0.4, -0.2) is 70.3 Å². The van der Waals surface area contributed by atoms with Crippen molar-refractivity contribution >= 4 is 5.91 Å². The van der Waals surface area contributed by atoms with E-state index < -0.39 is 5.60 Å². The second-order valence-corrected chi connectivity index (χ2v) is 11.6. The van der Waals surface area contributed by atoms with Crippen molar-refractivity contribution in [1.29, 1.82) is 0 Å². The summed E-state index contributed by atoms with van der Waals surface area (Å²) in [6.07, 6.45) is 11.5. The maximum absolute atomic E-state index is 12.0. The number of β-amino-alcohol motifs (C(OH)–C–C–N with tert-alkyl or cyclic N) is 1. The van der Waals surface area contributed by atoms with Crippen LogP contribution in [-0.2, 0) is 4.79 Å². The van der Waals surface area contributed by atoms with Crippen molar-refractivity contribution in [3.63, 3.8) is 0 Å². The first-order valence-electron chi connectivity index (χ1n) is 12.5. The fourth-order valence-electron chi connectivity index (χ4n) is 7.95. The molecule has 0 bridgehead atoms. The molecular weight excluding hydrogens is 388 g/mol. The van der Waals surface area contributed by atoms with Crippen LogP contribution in [0.3, 0.4) is 0 Å². The van der Waals surface area contributed by atoms with E-state index in [4.69, 9.17) is 0 Å². The lowest BCUT2D eigenvalue weighted by Gasteiger charge is -2.56. The molecule has 4 fully saturated rings. The first-order valence-corrected chi connectivity index (χ1v) is 12.5. The van der Waals surface area contributed by atoms with Gasteiger partial charge >= 0.3 is 0 Å². The highest BCUT2D eigenvalue weighted by molar-refractivity contribution is 5.73. The third-order valence-electron chi connectivity index (χ3n) is 10.2. The number of aliphatic hydroxyl groups excluding tert-OH is 1. The topological polar surface area (TPSA) is 64.0 Å². The molecule has 6 atom stereocenters. The Morgan fingerprint density at radius 3 is 2.45 bits per heavy atom. The van der Waals surface area contributed by atoms with E-state index in [9.17, 15) is 15.0 Å². The molecule has 3 saturated carbocycles. The highest BCUT2D eigenvalue weighted by atomic mass is 16.3. The van der Waals surface area contributed by atoms with Gasteiger partial charge in [-0.05, 0) is 62.2 Å². The Labute approximate surface area is 187 Å². The van der Waals surface area contributed by atoms with E-state index >= 15 is 0 Å². The van der Waals surface area contributed by atoms with Gasteiger partial charge < -0.3 is 15.1 Å². The zero-order valence-corrected chi connectivity index (χ0v) is 19.6. The van der Waals surface area contributed by atoms with Crippen LogP contribution in [0.15, 0.2) is 23.3 Å². The van der Waals surface area contributed by atoms with Crippen molar-refractivity contribution in [3.05, 3.63) is 23.3 Å². The molecule has 1 aliphatic heterocycles. The van der Waals surface area contributed by atoms with E-state index in [1.54, 1.807) is 12.5 Å². The fourth-order valence-corrected chi connectivity index (χ4v) is 7.95. The van der Waals surface area contributed by atoms with E-state index in [-0.39, 0.29) is 22.8 Å². The van der Waals surface area contributed by atoms with E-state index in [0.717, 1.165) is 77.7 Å². The molecule has 0 aromatic rings. The van der Waals surface area contributed by atoms with Crippen LogP contribution in [0.1, 0.15) is 65.7 Å². The number of fused-ring (bicyclic) bond motifs is 5. The van der Waals surface area contributed by atoms with Crippen molar-refractivity contribution in [2.75, 3.05) is 32.7 Å². The molecule has 5 nitrogen and oxygen atoms in total. The molecule has 2 N–H and O–H groups in total. The molecule has 5 heteroatoms. The zero-order chi connectivity index (χ0) is 22.0. The molecule has 0 radical (unpaired) electrons. The molecule has 31 heavy (non-hydrogen) atoms. The first kappa shape index (κ1) is 21.7. The third-order valence-corrected chi connectivity index (χ3v) is 10.2. The number of aliphatic hydroxyl groups is 2. The second-order valence-electron chi connectivity index (χ2n) is 11.6. The molecule has 0 spiro atoms. The number of rotatable bonds is 2. The maximum Gasteiger partial charge on any atom is 0.219 e. The lowest BCUT2D eigenvalue weighted by Crippen LogP contribution is -2.58. The fraction of sp³-hybridized carbons (Fsp3) is 0.808. The van der Waals surface area contributed by atoms with Gasteiger partial charge in [0.05, 0.1) is 11.7 Å². The third kappa shape index (κ3) is 3.26. The van der Waals surface area contributed by atoms with Crippen LogP contribution in [0.25, 0.3) is 0 Å². The molecule has 0 aromatic carbocycles. The van der Waals surface area contributed by atoms with Gasteiger partial charge in [-0.2, -0.15) is 0 Å². The smallest absolute Gasteiger partial charge is 0.219 e. The second kappa shape index (κ2) is 7.43. The van der Waals surface area contributed by atoms with Gasteiger partial charge in [0.2, 0.25) is 5.91 Å². The number of carbonyl (C=O) groups excluding carboxylic acids is 1. The molecule has 5 rings (SSSR count). The van der Waals surface area contributed by atoms with E-state index in [0.29, 0.717) is 11.8 Å². The standard InChI is InChI=1S/C26H40N2O3/c1-18(29)28-14-12-27(13-15-28)17-26(31)11-8-23-21-5-4-19-16-20(30)6-9-24(19,2)22(21)7-10-25(23,26)3/h4-5,20,22-23,30-31H,6-17H2,1-3H3. The van der Waals surface area contributed by atoms with Crippen LogP contribution in [0, 0.1) is 22.7 Å². The summed E-state index contributed by atoms with van der Waals surface area (Å²) in [5.74, 6) is 1.18. The van der Waals surface area contributed by atoms with Crippen molar-refractivity contribution in [2.45, 2.75) is 77.4 Å². The minimum Gasteiger partial charge on any atom is -0.393 e. The molecule has 5 aliphatic rings. The molecule has 0 aromatic heterocycles. The molecule has 1 heterocycles. The summed E-state index contributed by atoms with van der Waals surface area (Å²) in [5, 5.41) is 22.2. The Kier molecular flexibility index (Phi) is 5.19. The lowest BCUT2D eigenvalue weighted by atomic mass is 9.50. The highest BCUT2D eigenvalue weighted by Gasteiger charge is 2.62. The minimum atomic E-state index is -0.657. The minimum absolute atomic E-state index is 0.0804. The predicted octanol–water partition coefficient (Wildman–Crippen LogP) is 3.13. The quantitative estimate of drug-likeness (QED) is 0.709. The average molecular weight is 429 g/mol. The Morgan fingerprint density at radius 2 is 1.74 bits per heavy atom. The highest BCUT2D eigenvalue weighted by Crippen LogP contribution is 2.65. The van der Waals surface area contributed by atoms with Gasteiger partial charge in [-0.25, -0.2) is 0 Å². The lowest BCUT2D eigenvalue weighted by molar-refractivity contribution is -0.132. The van der Waals surface area contributed by atoms with Crippen LogP contribution in [0.2, 0.25) is 0 Å². The Hall–Kier alpha value is -1.17. The van der Waals surface area contributed by atoms with E-state index in [2.05, 4.69) is 30.9 Å². The summed E-state index contributed by atoms with van der Waals surface area (Å²) in [7, 11) is 0. The summed E-state index contributed by atoms with van der Waals surface area (Å²) < 4.78 is 0. The summed E-state index contributed by atoms with van der Waals surface area (Å²) >= 11 is 0.